The van der Waals surface area contributed by atoms with Crippen molar-refractivity contribution in [1.82, 2.24) is 5.32 Å². The smallest absolute Gasteiger partial charge is 0.407 e. The summed E-state index contributed by atoms with van der Waals surface area (Å²) in [6.07, 6.45) is -0.485. The predicted octanol–water partition coefficient (Wildman–Crippen LogP) is 2.85. The molecule has 1 amide bonds. The molecule has 0 atom stereocenters. The van der Waals surface area contributed by atoms with Crippen molar-refractivity contribution in [1.29, 1.82) is 0 Å². The van der Waals surface area contributed by atoms with Gasteiger partial charge in [0.1, 0.15) is 0 Å². The molecule has 0 aliphatic carbocycles. The molecule has 0 spiro atoms. The van der Waals surface area contributed by atoms with E-state index in [0.29, 0.717) is 16.6 Å². The number of methoxy groups -OCH3 is 1. The van der Waals surface area contributed by atoms with Crippen LogP contribution in [0, 0.1) is 0 Å². The first kappa shape index (κ1) is 11.1. The van der Waals surface area contributed by atoms with E-state index in [1.54, 1.807) is 18.2 Å². The Bertz CT molecular complexity index is 321. The maximum atomic E-state index is 10.8. The molecule has 0 saturated heterocycles. The summed E-state index contributed by atoms with van der Waals surface area (Å²) in [5.41, 5.74) is 0.827. The molecule has 3 nitrogen and oxygen atoms in total. The molecule has 1 aromatic rings. The normalized spacial score (nSPS) is 9.64. The van der Waals surface area contributed by atoms with Crippen molar-refractivity contribution in [3.8, 4) is 0 Å². The van der Waals surface area contributed by atoms with Crippen LogP contribution in [0.25, 0.3) is 0 Å². The van der Waals surface area contributed by atoms with E-state index in [4.69, 9.17) is 23.2 Å². The highest BCUT2D eigenvalue weighted by molar-refractivity contribution is 6.34. The summed E-state index contributed by atoms with van der Waals surface area (Å²) >= 11 is 11.5. The highest BCUT2D eigenvalue weighted by atomic mass is 35.5. The van der Waals surface area contributed by atoms with Gasteiger partial charge in [-0.2, -0.15) is 0 Å². The van der Waals surface area contributed by atoms with Gasteiger partial charge in [-0.05, 0) is 23.8 Å². The van der Waals surface area contributed by atoms with Crippen LogP contribution in [-0.2, 0) is 11.3 Å². The number of hydrogen-bond donors (Lipinski definition) is 1. The van der Waals surface area contributed by atoms with Gasteiger partial charge < -0.3 is 10.1 Å². The van der Waals surface area contributed by atoms with Crippen molar-refractivity contribution in [3.05, 3.63) is 33.8 Å². The number of amides is 1. The molecule has 0 bridgehead atoms. The van der Waals surface area contributed by atoms with E-state index in [-0.39, 0.29) is 0 Å². The summed E-state index contributed by atoms with van der Waals surface area (Å²) in [6.45, 7) is 0.340. The Balaban J connectivity index is 2.63. The van der Waals surface area contributed by atoms with E-state index in [9.17, 15) is 4.79 Å². The van der Waals surface area contributed by atoms with Crippen LogP contribution in [0.3, 0.4) is 0 Å². The van der Waals surface area contributed by atoms with Crippen LogP contribution in [0.5, 0.6) is 0 Å². The minimum atomic E-state index is -0.485. The third-order valence-electron chi connectivity index (χ3n) is 1.54. The highest BCUT2D eigenvalue weighted by Crippen LogP contribution is 2.18. The third kappa shape index (κ3) is 3.44. The van der Waals surface area contributed by atoms with Gasteiger partial charge in [-0.25, -0.2) is 4.79 Å². The Kier molecular flexibility index (Phi) is 4.04. The molecule has 1 N–H and O–H groups in total. The highest BCUT2D eigenvalue weighted by Gasteiger charge is 2.01. The van der Waals surface area contributed by atoms with Gasteiger partial charge in [-0.15, -0.1) is 0 Å². The van der Waals surface area contributed by atoms with Crippen molar-refractivity contribution in [2.24, 2.45) is 0 Å². The Labute approximate surface area is 92.0 Å². The molecule has 1 aromatic carbocycles. The molecule has 0 unspecified atom stereocenters. The fraction of sp³-hybridized carbons (Fsp3) is 0.222. The Morgan fingerprint density at radius 1 is 1.36 bits per heavy atom. The van der Waals surface area contributed by atoms with Crippen molar-refractivity contribution in [2.75, 3.05) is 7.11 Å². The van der Waals surface area contributed by atoms with Gasteiger partial charge in [-0.3, -0.25) is 0 Å². The van der Waals surface area contributed by atoms with Crippen LogP contribution in [0.4, 0.5) is 4.79 Å². The second-order valence-electron chi connectivity index (χ2n) is 2.62. The summed E-state index contributed by atoms with van der Waals surface area (Å²) in [5.74, 6) is 0. The number of carbonyl (C=O) groups excluding carboxylic acids is 1. The van der Waals surface area contributed by atoms with Gasteiger partial charge in [0.2, 0.25) is 0 Å². The molecule has 0 aliphatic rings. The number of alkyl carbamates (subject to hydrolysis) is 1. The van der Waals surface area contributed by atoms with E-state index in [1.165, 1.54) is 7.11 Å². The van der Waals surface area contributed by atoms with Gasteiger partial charge in [0, 0.05) is 16.6 Å². The first-order valence-electron chi connectivity index (χ1n) is 3.88. The monoisotopic (exact) mass is 233 g/mol. The van der Waals surface area contributed by atoms with Gasteiger partial charge in [0.25, 0.3) is 0 Å². The van der Waals surface area contributed by atoms with Crippen LogP contribution in [0.2, 0.25) is 10.0 Å². The average molecular weight is 234 g/mol. The lowest BCUT2D eigenvalue weighted by Gasteiger charge is -2.04. The van der Waals surface area contributed by atoms with Crippen LogP contribution >= 0.6 is 23.2 Å². The first-order chi connectivity index (χ1) is 6.61. The van der Waals surface area contributed by atoms with Crippen LogP contribution in [0.1, 0.15) is 5.56 Å². The molecule has 14 heavy (non-hydrogen) atoms. The molecule has 0 saturated carbocycles. The maximum Gasteiger partial charge on any atom is 0.407 e. The number of hydrogen-bond acceptors (Lipinski definition) is 2. The molecule has 0 fully saturated rings. The molecule has 0 heterocycles. The quantitative estimate of drug-likeness (QED) is 0.854. The van der Waals surface area contributed by atoms with Gasteiger partial charge >= 0.3 is 6.09 Å². The van der Waals surface area contributed by atoms with E-state index in [0.717, 1.165) is 5.56 Å². The first-order valence-corrected chi connectivity index (χ1v) is 4.64. The molecule has 0 aromatic heterocycles. The van der Waals surface area contributed by atoms with Crippen LogP contribution in [-0.4, -0.2) is 13.2 Å². The molecule has 1 rings (SSSR count). The van der Waals surface area contributed by atoms with Crippen molar-refractivity contribution >= 4 is 29.3 Å². The van der Waals surface area contributed by atoms with E-state index < -0.39 is 6.09 Å². The van der Waals surface area contributed by atoms with Crippen molar-refractivity contribution in [3.63, 3.8) is 0 Å². The molecular formula is C9H9Cl2NO2. The number of nitrogens with one attached hydrogen (secondary N) is 1. The zero-order valence-electron chi connectivity index (χ0n) is 7.51. The maximum absolute atomic E-state index is 10.8. The topological polar surface area (TPSA) is 38.3 Å². The molecular weight excluding hydrogens is 225 g/mol. The second kappa shape index (κ2) is 5.08. The lowest BCUT2D eigenvalue weighted by Crippen LogP contribution is -2.22. The average Bonchev–Trinajstić information content (AvgIpc) is 2.12. The fourth-order valence-corrected chi connectivity index (χ4v) is 1.53. The lowest BCUT2D eigenvalue weighted by atomic mass is 10.2. The summed E-state index contributed by atoms with van der Waals surface area (Å²) in [5, 5.41) is 3.61. The van der Waals surface area contributed by atoms with Gasteiger partial charge in [0.15, 0.2) is 0 Å². The summed E-state index contributed by atoms with van der Waals surface area (Å²) in [6, 6.07) is 5.08. The summed E-state index contributed by atoms with van der Waals surface area (Å²) in [7, 11) is 1.31. The van der Waals surface area contributed by atoms with Crippen LogP contribution < -0.4 is 5.32 Å². The SMILES string of the molecule is COC(=O)NCc1cc(Cl)cc(Cl)c1. The number of rotatable bonds is 2. The molecule has 0 radical (unpaired) electrons. The summed E-state index contributed by atoms with van der Waals surface area (Å²) < 4.78 is 4.42. The van der Waals surface area contributed by atoms with E-state index in [2.05, 4.69) is 10.1 Å². The number of benzene rings is 1. The zero-order chi connectivity index (χ0) is 10.6. The van der Waals surface area contributed by atoms with Crippen molar-refractivity contribution < 1.29 is 9.53 Å². The predicted molar refractivity (Wildman–Crippen MR) is 55.7 cm³/mol. The minimum Gasteiger partial charge on any atom is -0.453 e. The van der Waals surface area contributed by atoms with E-state index >= 15 is 0 Å². The molecule has 76 valence electrons. The molecule has 0 aliphatic heterocycles. The Morgan fingerprint density at radius 2 is 1.93 bits per heavy atom. The zero-order valence-corrected chi connectivity index (χ0v) is 9.02. The summed E-state index contributed by atoms with van der Waals surface area (Å²) in [4.78, 5) is 10.8. The van der Waals surface area contributed by atoms with Gasteiger partial charge in [0.05, 0.1) is 7.11 Å². The van der Waals surface area contributed by atoms with Gasteiger partial charge in [-0.1, -0.05) is 23.2 Å². The second-order valence-corrected chi connectivity index (χ2v) is 3.50. The largest absolute Gasteiger partial charge is 0.453 e. The number of carbonyl (C=O) groups is 1. The van der Waals surface area contributed by atoms with E-state index in [1.807, 2.05) is 0 Å². The Hall–Kier alpha value is -0.930. The Morgan fingerprint density at radius 3 is 2.43 bits per heavy atom. The molecule has 5 heteroatoms. The standard InChI is InChI=1S/C9H9Cl2NO2/c1-14-9(13)12-5-6-2-7(10)4-8(11)3-6/h2-4H,5H2,1H3,(H,12,13). The fourth-order valence-electron chi connectivity index (χ4n) is 0.959. The number of ether oxygens (including phenoxy) is 1. The minimum absolute atomic E-state index is 0.340. The van der Waals surface area contributed by atoms with Crippen molar-refractivity contribution in [2.45, 2.75) is 6.54 Å². The number of halogens is 2. The lowest BCUT2D eigenvalue weighted by molar-refractivity contribution is 0.170. The third-order valence-corrected chi connectivity index (χ3v) is 1.98. The van der Waals surface area contributed by atoms with Crippen LogP contribution in [0.15, 0.2) is 18.2 Å².